The van der Waals surface area contributed by atoms with E-state index >= 15 is 0 Å². The normalized spacial score (nSPS) is 10.8. The van der Waals surface area contributed by atoms with Gasteiger partial charge < -0.3 is 14.5 Å². The Morgan fingerprint density at radius 1 is 1.13 bits per heavy atom. The van der Waals surface area contributed by atoms with E-state index in [4.69, 9.17) is 9.15 Å². The van der Waals surface area contributed by atoms with E-state index in [1.165, 1.54) is 23.9 Å². The minimum absolute atomic E-state index is 0.0488. The average Bonchev–Trinajstić information content (AvgIpc) is 3.44. The van der Waals surface area contributed by atoms with Gasteiger partial charge in [-0.25, -0.2) is 4.39 Å². The Kier molecular flexibility index (Phi) is 6.32. The number of rotatable bonds is 8. The van der Waals surface area contributed by atoms with Crippen molar-refractivity contribution in [3.63, 3.8) is 0 Å². The number of nitrogens with one attached hydrogen (secondary N) is 1. The molecule has 4 aromatic rings. The summed E-state index contributed by atoms with van der Waals surface area (Å²) in [5.41, 5.74) is 0.992. The molecule has 31 heavy (non-hydrogen) atoms. The second-order valence-electron chi connectivity index (χ2n) is 6.52. The molecule has 0 aliphatic heterocycles. The molecule has 1 N–H and O–H groups in total. The molecule has 9 heteroatoms. The van der Waals surface area contributed by atoms with Gasteiger partial charge in [0.25, 0.3) is 0 Å². The number of ether oxygens (including phenoxy) is 1. The second kappa shape index (κ2) is 9.48. The molecule has 0 spiro atoms. The summed E-state index contributed by atoms with van der Waals surface area (Å²) < 4.78 is 26.3. The summed E-state index contributed by atoms with van der Waals surface area (Å²) in [7, 11) is 1.61. The highest BCUT2D eigenvalue weighted by atomic mass is 32.2. The van der Waals surface area contributed by atoms with Crippen molar-refractivity contribution in [3.05, 3.63) is 78.5 Å². The number of amides is 1. The third-order valence-electron chi connectivity index (χ3n) is 4.44. The quantitative estimate of drug-likeness (QED) is 0.409. The number of halogens is 1. The molecule has 2 aromatic heterocycles. The summed E-state index contributed by atoms with van der Waals surface area (Å²) in [5.74, 6) is 1.33. The first-order valence-electron chi connectivity index (χ1n) is 9.41. The molecule has 0 saturated carbocycles. The molecule has 0 aliphatic rings. The second-order valence-corrected chi connectivity index (χ2v) is 7.46. The Hall–Kier alpha value is -3.59. The van der Waals surface area contributed by atoms with Gasteiger partial charge in [0.2, 0.25) is 5.91 Å². The summed E-state index contributed by atoms with van der Waals surface area (Å²) in [5, 5.41) is 11.7. The maximum atomic E-state index is 13.8. The van der Waals surface area contributed by atoms with Crippen LogP contribution in [0.1, 0.15) is 5.76 Å². The molecule has 0 fully saturated rings. The van der Waals surface area contributed by atoms with Crippen LogP contribution in [-0.2, 0) is 11.3 Å². The predicted molar refractivity (Wildman–Crippen MR) is 116 cm³/mol. The van der Waals surface area contributed by atoms with Crippen LogP contribution >= 0.6 is 11.8 Å². The maximum absolute atomic E-state index is 13.8. The fraction of sp³-hybridized carbons (Fsp3) is 0.136. The molecule has 0 saturated heterocycles. The lowest BCUT2D eigenvalue weighted by molar-refractivity contribution is -0.113. The van der Waals surface area contributed by atoms with Crippen molar-refractivity contribution in [2.75, 3.05) is 18.2 Å². The van der Waals surface area contributed by atoms with E-state index < -0.39 is 5.82 Å². The van der Waals surface area contributed by atoms with E-state index in [1.54, 1.807) is 31.6 Å². The van der Waals surface area contributed by atoms with Crippen molar-refractivity contribution >= 4 is 23.4 Å². The van der Waals surface area contributed by atoms with E-state index in [9.17, 15) is 9.18 Å². The van der Waals surface area contributed by atoms with Crippen molar-refractivity contribution in [1.82, 2.24) is 14.8 Å². The minimum atomic E-state index is -0.483. The van der Waals surface area contributed by atoms with Crippen molar-refractivity contribution in [2.24, 2.45) is 0 Å². The van der Waals surface area contributed by atoms with Gasteiger partial charge in [-0.05, 0) is 48.5 Å². The van der Waals surface area contributed by atoms with Gasteiger partial charge in [0, 0.05) is 5.56 Å². The fourth-order valence-electron chi connectivity index (χ4n) is 2.93. The zero-order chi connectivity index (χ0) is 21.6. The number of carbonyl (C=O) groups is 1. The van der Waals surface area contributed by atoms with Crippen LogP contribution in [0.5, 0.6) is 5.75 Å². The lowest BCUT2D eigenvalue weighted by Crippen LogP contribution is -2.15. The highest BCUT2D eigenvalue weighted by Crippen LogP contribution is 2.27. The third-order valence-corrected chi connectivity index (χ3v) is 5.41. The number of hydrogen-bond donors (Lipinski definition) is 1. The fourth-order valence-corrected chi connectivity index (χ4v) is 3.67. The molecule has 0 atom stereocenters. The maximum Gasteiger partial charge on any atom is 0.234 e. The number of para-hydroxylation sites is 1. The Morgan fingerprint density at radius 2 is 1.94 bits per heavy atom. The summed E-state index contributed by atoms with van der Waals surface area (Å²) in [6.45, 7) is 0.401. The lowest BCUT2D eigenvalue weighted by Gasteiger charge is -2.10. The van der Waals surface area contributed by atoms with Crippen molar-refractivity contribution in [1.29, 1.82) is 0 Å². The number of benzene rings is 2. The van der Waals surface area contributed by atoms with Gasteiger partial charge in [0.05, 0.1) is 31.4 Å². The molecule has 0 radical (unpaired) electrons. The molecule has 7 nitrogen and oxygen atoms in total. The molecular formula is C22H19FN4O3S. The number of hydrogen-bond acceptors (Lipinski definition) is 6. The van der Waals surface area contributed by atoms with Crippen molar-refractivity contribution in [3.8, 4) is 17.1 Å². The van der Waals surface area contributed by atoms with Gasteiger partial charge in [-0.2, -0.15) is 0 Å². The average molecular weight is 438 g/mol. The highest BCUT2D eigenvalue weighted by Gasteiger charge is 2.17. The van der Waals surface area contributed by atoms with Crippen LogP contribution < -0.4 is 10.1 Å². The molecule has 1 amide bonds. The Balaban J connectivity index is 1.54. The molecule has 4 rings (SSSR count). The topological polar surface area (TPSA) is 82.2 Å². The SMILES string of the molecule is COc1ccc(-c2nnc(SCC(=O)Nc3ccccc3F)n2Cc2ccco2)cc1. The van der Waals surface area contributed by atoms with Crippen LogP contribution in [0.2, 0.25) is 0 Å². The zero-order valence-corrected chi connectivity index (χ0v) is 17.4. The van der Waals surface area contributed by atoms with Crippen LogP contribution in [0.25, 0.3) is 11.4 Å². The standard InChI is InChI=1S/C22H19FN4O3S/c1-29-16-10-8-15(9-11-16)21-25-26-22(27(21)13-17-5-4-12-30-17)31-14-20(28)24-19-7-3-2-6-18(19)23/h2-12H,13-14H2,1H3,(H,24,28). The van der Waals surface area contributed by atoms with E-state index in [0.29, 0.717) is 17.5 Å². The van der Waals surface area contributed by atoms with Gasteiger partial charge in [0.15, 0.2) is 11.0 Å². The van der Waals surface area contributed by atoms with Crippen LogP contribution in [0, 0.1) is 5.82 Å². The number of carbonyl (C=O) groups excluding carboxylic acids is 1. The number of thioether (sulfide) groups is 1. The predicted octanol–water partition coefficient (Wildman–Crippen LogP) is 4.46. The van der Waals surface area contributed by atoms with E-state index in [1.807, 2.05) is 34.9 Å². The number of anilines is 1. The first-order valence-corrected chi connectivity index (χ1v) is 10.4. The number of aromatic nitrogens is 3. The molecule has 2 aromatic carbocycles. The number of furan rings is 1. The van der Waals surface area contributed by atoms with Gasteiger partial charge >= 0.3 is 0 Å². The van der Waals surface area contributed by atoms with Gasteiger partial charge in [-0.1, -0.05) is 23.9 Å². The summed E-state index contributed by atoms with van der Waals surface area (Å²) in [6, 6.07) is 17.2. The smallest absolute Gasteiger partial charge is 0.234 e. The van der Waals surface area contributed by atoms with Crippen LogP contribution in [0.4, 0.5) is 10.1 Å². The van der Waals surface area contributed by atoms with E-state index in [2.05, 4.69) is 15.5 Å². The summed E-state index contributed by atoms with van der Waals surface area (Å²) >= 11 is 1.21. The molecule has 158 valence electrons. The van der Waals surface area contributed by atoms with E-state index in [0.717, 1.165) is 17.1 Å². The zero-order valence-electron chi connectivity index (χ0n) is 16.6. The Labute approximate surface area is 182 Å². The highest BCUT2D eigenvalue weighted by molar-refractivity contribution is 7.99. The molecule has 0 aliphatic carbocycles. The molecule has 0 unspecified atom stereocenters. The number of methoxy groups -OCH3 is 1. The molecular weight excluding hydrogens is 419 g/mol. The van der Waals surface area contributed by atoms with Gasteiger partial charge in [-0.15, -0.1) is 10.2 Å². The van der Waals surface area contributed by atoms with Gasteiger partial charge in [-0.3, -0.25) is 9.36 Å². The molecule has 0 bridgehead atoms. The first-order chi connectivity index (χ1) is 15.1. The van der Waals surface area contributed by atoms with Crippen LogP contribution in [0.15, 0.2) is 76.5 Å². The van der Waals surface area contributed by atoms with Crippen molar-refractivity contribution in [2.45, 2.75) is 11.7 Å². The largest absolute Gasteiger partial charge is 0.497 e. The number of nitrogens with zero attached hydrogens (tertiary/aromatic N) is 3. The minimum Gasteiger partial charge on any atom is -0.497 e. The lowest BCUT2D eigenvalue weighted by atomic mass is 10.2. The van der Waals surface area contributed by atoms with Crippen molar-refractivity contribution < 1.29 is 18.3 Å². The Morgan fingerprint density at radius 3 is 2.65 bits per heavy atom. The van der Waals surface area contributed by atoms with Crippen LogP contribution in [-0.4, -0.2) is 33.5 Å². The monoisotopic (exact) mass is 438 g/mol. The van der Waals surface area contributed by atoms with Crippen LogP contribution in [0.3, 0.4) is 0 Å². The third kappa shape index (κ3) is 4.95. The molecule has 2 heterocycles. The Bertz CT molecular complexity index is 1160. The van der Waals surface area contributed by atoms with E-state index in [-0.39, 0.29) is 17.3 Å². The first kappa shape index (κ1) is 20.7. The van der Waals surface area contributed by atoms with Gasteiger partial charge in [0.1, 0.15) is 17.3 Å². The summed E-state index contributed by atoms with van der Waals surface area (Å²) in [6.07, 6.45) is 1.60. The summed E-state index contributed by atoms with van der Waals surface area (Å²) in [4.78, 5) is 12.3.